The zero-order valence-corrected chi connectivity index (χ0v) is 19.0. The molecule has 2 heterocycles. The molecule has 1 amide bonds. The van der Waals surface area contributed by atoms with Crippen molar-refractivity contribution >= 4 is 21.6 Å². The highest BCUT2D eigenvalue weighted by atomic mass is 32.2. The molecule has 1 fully saturated rings. The smallest absolute Gasteiger partial charge is 0.270 e. The first-order valence-corrected chi connectivity index (χ1v) is 12.1. The number of hydrogen-bond acceptors (Lipinski definition) is 7. The van der Waals surface area contributed by atoms with Crippen LogP contribution in [0.2, 0.25) is 0 Å². The monoisotopic (exact) mass is 475 g/mol. The van der Waals surface area contributed by atoms with Crippen LogP contribution in [0.3, 0.4) is 0 Å². The Morgan fingerprint density at radius 2 is 1.82 bits per heavy atom. The Morgan fingerprint density at radius 3 is 2.52 bits per heavy atom. The summed E-state index contributed by atoms with van der Waals surface area (Å²) in [5.41, 5.74) is 1.06. The molecule has 1 N–H and O–H groups in total. The van der Waals surface area contributed by atoms with Gasteiger partial charge in [0.2, 0.25) is 15.9 Å². The number of piperidine rings is 1. The largest absolute Gasteiger partial charge is 0.486 e. The van der Waals surface area contributed by atoms with Gasteiger partial charge in [-0.3, -0.25) is 14.9 Å². The number of nitrogens with one attached hydrogen (secondary N) is 1. The second-order valence-corrected chi connectivity index (χ2v) is 9.99. The summed E-state index contributed by atoms with van der Waals surface area (Å²) in [7, 11) is -3.89. The quantitative estimate of drug-likeness (QED) is 0.502. The van der Waals surface area contributed by atoms with Gasteiger partial charge >= 0.3 is 0 Å². The van der Waals surface area contributed by atoms with Crippen LogP contribution >= 0.6 is 0 Å². The van der Waals surface area contributed by atoms with Gasteiger partial charge in [-0.1, -0.05) is 12.1 Å². The number of nitro benzene ring substituents is 1. The summed E-state index contributed by atoms with van der Waals surface area (Å²) in [6.07, 6.45) is 0.750. The van der Waals surface area contributed by atoms with Gasteiger partial charge in [0.05, 0.1) is 9.82 Å². The van der Waals surface area contributed by atoms with Crippen LogP contribution in [-0.4, -0.2) is 49.9 Å². The normalized spacial score (nSPS) is 16.9. The van der Waals surface area contributed by atoms with E-state index in [4.69, 9.17) is 9.47 Å². The SMILES string of the molecule is Cc1ccc([N+](=O)[O-])cc1S(=O)(=O)N1CCC(C(=O)NCc2ccc3c(c2)OCCO3)CC1. The summed E-state index contributed by atoms with van der Waals surface area (Å²) in [6.45, 7) is 3.28. The number of aryl methyl sites for hydroxylation is 1. The van der Waals surface area contributed by atoms with Crippen molar-refractivity contribution in [2.24, 2.45) is 5.92 Å². The Morgan fingerprint density at radius 1 is 1.12 bits per heavy atom. The third kappa shape index (κ3) is 4.93. The summed E-state index contributed by atoms with van der Waals surface area (Å²) in [5, 5.41) is 14.0. The van der Waals surface area contributed by atoms with Gasteiger partial charge in [-0.2, -0.15) is 4.31 Å². The average molecular weight is 476 g/mol. The average Bonchev–Trinajstić information content (AvgIpc) is 2.82. The van der Waals surface area contributed by atoms with Crippen LogP contribution in [0.1, 0.15) is 24.0 Å². The maximum absolute atomic E-state index is 13.1. The lowest BCUT2D eigenvalue weighted by atomic mass is 9.97. The number of hydrogen-bond donors (Lipinski definition) is 1. The molecule has 0 bridgehead atoms. The first-order valence-electron chi connectivity index (χ1n) is 10.7. The molecule has 2 aromatic carbocycles. The minimum Gasteiger partial charge on any atom is -0.486 e. The molecule has 176 valence electrons. The summed E-state index contributed by atoms with van der Waals surface area (Å²) in [5.74, 6) is 0.903. The Kier molecular flexibility index (Phi) is 6.52. The molecule has 0 aliphatic carbocycles. The van der Waals surface area contributed by atoms with E-state index in [0.717, 1.165) is 11.6 Å². The minimum atomic E-state index is -3.89. The van der Waals surface area contributed by atoms with E-state index < -0.39 is 14.9 Å². The number of carbonyl (C=O) groups is 1. The molecule has 11 heteroatoms. The van der Waals surface area contributed by atoms with Gasteiger partial charge in [-0.05, 0) is 43.0 Å². The Hall–Kier alpha value is -3.18. The molecule has 0 spiro atoms. The van der Waals surface area contributed by atoms with E-state index in [0.29, 0.717) is 49.7 Å². The number of sulfonamides is 1. The van der Waals surface area contributed by atoms with E-state index >= 15 is 0 Å². The molecule has 4 rings (SSSR count). The predicted octanol–water partition coefficient (Wildman–Crippen LogP) is 2.39. The maximum atomic E-state index is 13.1. The highest BCUT2D eigenvalue weighted by Gasteiger charge is 2.33. The molecule has 10 nitrogen and oxygen atoms in total. The summed E-state index contributed by atoms with van der Waals surface area (Å²) >= 11 is 0. The number of rotatable bonds is 6. The van der Waals surface area contributed by atoms with E-state index in [9.17, 15) is 23.3 Å². The van der Waals surface area contributed by atoms with E-state index in [-0.39, 0.29) is 35.5 Å². The number of ether oxygens (including phenoxy) is 2. The fourth-order valence-corrected chi connectivity index (χ4v) is 5.72. The highest BCUT2D eigenvalue weighted by molar-refractivity contribution is 7.89. The topological polar surface area (TPSA) is 128 Å². The molecule has 2 aliphatic rings. The number of amides is 1. The van der Waals surface area contributed by atoms with Crippen LogP contribution in [-0.2, 0) is 21.4 Å². The lowest BCUT2D eigenvalue weighted by molar-refractivity contribution is -0.385. The molecule has 0 unspecified atom stereocenters. The summed E-state index contributed by atoms with van der Waals surface area (Å²) in [6, 6.07) is 9.33. The van der Waals surface area contributed by atoms with E-state index in [1.54, 1.807) is 6.92 Å². The number of fused-ring (bicyclic) bond motifs is 1. The van der Waals surface area contributed by atoms with Crippen LogP contribution in [0.5, 0.6) is 11.5 Å². The van der Waals surface area contributed by atoms with E-state index in [2.05, 4.69) is 5.32 Å². The van der Waals surface area contributed by atoms with Crippen LogP contribution < -0.4 is 14.8 Å². The van der Waals surface area contributed by atoms with Gasteiger partial charge in [0.25, 0.3) is 5.69 Å². The minimum absolute atomic E-state index is 0.0711. The zero-order valence-electron chi connectivity index (χ0n) is 18.2. The molecule has 33 heavy (non-hydrogen) atoms. The molecule has 0 aromatic heterocycles. The van der Waals surface area contributed by atoms with Crippen molar-refractivity contribution in [3.63, 3.8) is 0 Å². The molecule has 2 aromatic rings. The Balaban J connectivity index is 1.35. The molecule has 1 saturated heterocycles. The van der Waals surface area contributed by atoms with Crippen LogP contribution in [0, 0.1) is 23.0 Å². The highest BCUT2D eigenvalue weighted by Crippen LogP contribution is 2.31. The summed E-state index contributed by atoms with van der Waals surface area (Å²) in [4.78, 5) is 23.0. The predicted molar refractivity (Wildman–Crippen MR) is 119 cm³/mol. The number of nitrogens with zero attached hydrogens (tertiary/aromatic N) is 2. The van der Waals surface area contributed by atoms with Gasteiger partial charge in [-0.25, -0.2) is 8.42 Å². The first-order chi connectivity index (χ1) is 15.8. The van der Waals surface area contributed by atoms with Gasteiger partial charge in [-0.15, -0.1) is 0 Å². The van der Waals surface area contributed by atoms with Crippen LogP contribution in [0.4, 0.5) is 5.69 Å². The number of benzene rings is 2. The number of carbonyl (C=O) groups excluding carboxylic acids is 1. The maximum Gasteiger partial charge on any atom is 0.270 e. The van der Waals surface area contributed by atoms with Crippen molar-refractivity contribution in [2.45, 2.75) is 31.2 Å². The van der Waals surface area contributed by atoms with Crippen molar-refractivity contribution in [1.29, 1.82) is 0 Å². The van der Waals surface area contributed by atoms with Crippen LogP contribution in [0.15, 0.2) is 41.3 Å². The number of nitro groups is 1. The lowest BCUT2D eigenvalue weighted by Gasteiger charge is -2.31. The second-order valence-electron chi connectivity index (χ2n) is 8.08. The second kappa shape index (κ2) is 9.36. The van der Waals surface area contributed by atoms with Crippen LogP contribution in [0.25, 0.3) is 0 Å². The van der Waals surface area contributed by atoms with Gasteiger partial charge in [0.15, 0.2) is 11.5 Å². The number of non-ortho nitro benzene ring substituents is 1. The van der Waals surface area contributed by atoms with E-state index in [1.165, 1.54) is 16.4 Å². The zero-order chi connectivity index (χ0) is 23.6. The van der Waals surface area contributed by atoms with Crippen molar-refractivity contribution < 1.29 is 27.6 Å². The van der Waals surface area contributed by atoms with Gasteiger partial charge in [0.1, 0.15) is 13.2 Å². The third-order valence-corrected chi connectivity index (χ3v) is 7.94. The fraction of sp³-hybridized carbons (Fsp3) is 0.409. The van der Waals surface area contributed by atoms with Crippen molar-refractivity contribution in [3.05, 3.63) is 57.6 Å². The molecule has 2 aliphatic heterocycles. The Bertz CT molecular complexity index is 1170. The molecular weight excluding hydrogens is 450 g/mol. The molecule has 0 saturated carbocycles. The molecular formula is C22H25N3O7S. The standard InChI is InChI=1S/C22H25N3O7S/c1-15-2-4-18(25(27)28)13-21(15)33(29,30)24-8-6-17(7-9-24)22(26)23-14-16-3-5-19-20(12-16)32-11-10-31-19/h2-5,12-13,17H,6-11,14H2,1H3,(H,23,26). The van der Waals surface area contributed by atoms with Crippen molar-refractivity contribution in [2.75, 3.05) is 26.3 Å². The Labute approximate surface area is 191 Å². The van der Waals surface area contributed by atoms with E-state index in [1.807, 2.05) is 18.2 Å². The first kappa shape index (κ1) is 23.0. The van der Waals surface area contributed by atoms with Crippen molar-refractivity contribution in [1.82, 2.24) is 9.62 Å². The summed E-state index contributed by atoms with van der Waals surface area (Å²) < 4.78 is 38.5. The van der Waals surface area contributed by atoms with Gasteiger partial charge in [0, 0.05) is 37.7 Å². The lowest BCUT2D eigenvalue weighted by Crippen LogP contribution is -2.43. The van der Waals surface area contributed by atoms with Crippen molar-refractivity contribution in [3.8, 4) is 11.5 Å². The molecule has 0 atom stereocenters. The van der Waals surface area contributed by atoms with Gasteiger partial charge < -0.3 is 14.8 Å². The molecule has 0 radical (unpaired) electrons. The fourth-order valence-electron chi connectivity index (χ4n) is 4.01. The third-order valence-electron chi connectivity index (χ3n) is 5.90.